The molecule has 0 saturated heterocycles. The van der Waals surface area contributed by atoms with Crippen LogP contribution in [0.1, 0.15) is 35.1 Å². The van der Waals surface area contributed by atoms with Gasteiger partial charge in [0.1, 0.15) is 11.0 Å². The molecule has 0 aliphatic carbocycles. The summed E-state index contributed by atoms with van der Waals surface area (Å²) in [4.78, 5) is 8.62. The molecule has 3 rings (SSSR count). The van der Waals surface area contributed by atoms with E-state index in [2.05, 4.69) is 9.97 Å². The van der Waals surface area contributed by atoms with Crippen molar-refractivity contribution < 1.29 is 13.2 Å². The molecular weight excluding hydrogens is 441 g/mol. The zero-order chi connectivity index (χ0) is 24.0. The summed E-state index contributed by atoms with van der Waals surface area (Å²) in [6.45, 7) is 5.45. The van der Waals surface area contributed by atoms with Crippen molar-refractivity contribution >= 4 is 22.5 Å². The van der Waals surface area contributed by atoms with Gasteiger partial charge in [-0.3, -0.25) is 0 Å². The number of aryl methyl sites for hydroxylation is 2. The lowest BCUT2D eigenvalue weighted by molar-refractivity contribution is -0.127. The van der Waals surface area contributed by atoms with Gasteiger partial charge in [0.25, 0.3) is 0 Å². The molecule has 1 unspecified atom stereocenters. The van der Waals surface area contributed by atoms with Crippen LogP contribution in [0.25, 0.3) is 10.9 Å². The Morgan fingerprint density at radius 1 is 1.28 bits per heavy atom. The van der Waals surface area contributed by atoms with Crippen LogP contribution in [0.3, 0.4) is 0 Å². The number of likely N-dealkylation sites (N-methyl/N-ethyl adjacent to an activating group) is 1. The zero-order valence-corrected chi connectivity index (χ0v) is 19.3. The average molecular weight is 467 g/mol. The Morgan fingerprint density at radius 3 is 2.44 bits per heavy atom. The third kappa shape index (κ3) is 4.02. The maximum atomic E-state index is 13.1. The van der Waals surface area contributed by atoms with E-state index in [0.717, 1.165) is 17.1 Å². The molecule has 0 aliphatic rings. The minimum absolute atomic E-state index is 0.0348. The standard InChI is InChI=1S/C22H26ClF3N6/c1-12-15-8-14(6-7-17(15)30-20(23)16(12)9-22(24,25)26)21(3,18(10-27)32(5)28)19-11-29-13(2)31(19)4/h6-8,10-11H,9,27-28H2,1-5H3/b18-10-. The zero-order valence-electron chi connectivity index (χ0n) is 18.5. The van der Waals surface area contributed by atoms with Crippen LogP contribution in [0.2, 0.25) is 5.15 Å². The number of nitrogens with two attached hydrogens (primary N) is 2. The fraction of sp³-hybridized carbons (Fsp3) is 0.364. The van der Waals surface area contributed by atoms with Crippen molar-refractivity contribution in [3.8, 4) is 0 Å². The van der Waals surface area contributed by atoms with Gasteiger partial charge in [-0.15, -0.1) is 0 Å². The highest BCUT2D eigenvalue weighted by atomic mass is 35.5. The van der Waals surface area contributed by atoms with Crippen LogP contribution in [0.15, 0.2) is 36.3 Å². The van der Waals surface area contributed by atoms with Crippen LogP contribution >= 0.6 is 11.6 Å². The molecule has 4 N–H and O–H groups in total. The van der Waals surface area contributed by atoms with Crippen molar-refractivity contribution in [2.45, 2.75) is 38.8 Å². The molecule has 172 valence electrons. The van der Waals surface area contributed by atoms with E-state index in [1.807, 2.05) is 37.6 Å². The molecule has 1 aromatic carbocycles. The molecule has 0 fully saturated rings. The lowest BCUT2D eigenvalue weighted by Gasteiger charge is -2.36. The van der Waals surface area contributed by atoms with Gasteiger partial charge in [-0.2, -0.15) is 13.2 Å². The average Bonchev–Trinajstić information content (AvgIpc) is 3.03. The van der Waals surface area contributed by atoms with Crippen LogP contribution in [0.4, 0.5) is 13.2 Å². The number of aromatic nitrogens is 3. The lowest BCUT2D eigenvalue weighted by Crippen LogP contribution is -2.40. The molecule has 0 saturated carbocycles. The fourth-order valence-corrected chi connectivity index (χ4v) is 4.47. The van der Waals surface area contributed by atoms with Crippen molar-refractivity contribution in [3.05, 3.63) is 69.7 Å². The van der Waals surface area contributed by atoms with Crippen molar-refractivity contribution in [1.82, 2.24) is 19.5 Å². The molecule has 10 heteroatoms. The normalized spacial score (nSPS) is 14.6. The number of hydrogen-bond donors (Lipinski definition) is 2. The quantitative estimate of drug-likeness (QED) is 0.333. The maximum Gasteiger partial charge on any atom is 0.393 e. The van der Waals surface area contributed by atoms with Gasteiger partial charge in [-0.25, -0.2) is 15.8 Å². The number of benzene rings is 1. The highest BCUT2D eigenvalue weighted by molar-refractivity contribution is 6.30. The molecule has 1 atom stereocenters. The summed E-state index contributed by atoms with van der Waals surface area (Å²) < 4.78 is 41.4. The summed E-state index contributed by atoms with van der Waals surface area (Å²) in [5.74, 6) is 6.91. The Hall–Kier alpha value is -2.78. The Morgan fingerprint density at radius 2 is 1.94 bits per heavy atom. The first-order chi connectivity index (χ1) is 14.8. The molecule has 3 aromatic rings. The monoisotopic (exact) mass is 466 g/mol. The van der Waals surface area contributed by atoms with E-state index in [1.54, 1.807) is 26.2 Å². The summed E-state index contributed by atoms with van der Waals surface area (Å²) in [5.41, 5.74) is 8.21. The smallest absolute Gasteiger partial charge is 0.393 e. The highest BCUT2D eigenvalue weighted by Gasteiger charge is 2.38. The minimum atomic E-state index is -4.40. The van der Waals surface area contributed by atoms with Gasteiger partial charge in [-0.05, 0) is 44.0 Å². The predicted molar refractivity (Wildman–Crippen MR) is 120 cm³/mol. The third-order valence-electron chi connectivity index (χ3n) is 6.06. The summed E-state index contributed by atoms with van der Waals surface area (Å²) in [6, 6.07) is 5.42. The molecule has 0 spiro atoms. The van der Waals surface area contributed by atoms with Gasteiger partial charge in [-0.1, -0.05) is 17.7 Å². The predicted octanol–water partition coefficient (Wildman–Crippen LogP) is 4.25. The van der Waals surface area contributed by atoms with Crippen LogP contribution in [0, 0.1) is 13.8 Å². The van der Waals surface area contributed by atoms with E-state index in [4.69, 9.17) is 23.2 Å². The minimum Gasteiger partial charge on any atom is -0.403 e. The molecular formula is C22H26ClF3N6. The molecule has 0 radical (unpaired) electrons. The van der Waals surface area contributed by atoms with Crippen molar-refractivity contribution in [2.75, 3.05) is 7.05 Å². The van der Waals surface area contributed by atoms with Gasteiger partial charge in [0, 0.05) is 37.4 Å². The Balaban J connectivity index is 2.34. The number of alkyl halides is 3. The van der Waals surface area contributed by atoms with Gasteiger partial charge >= 0.3 is 6.18 Å². The second-order valence-corrected chi connectivity index (χ2v) is 8.43. The number of hydrazine groups is 1. The summed E-state index contributed by atoms with van der Waals surface area (Å²) in [7, 11) is 3.56. The van der Waals surface area contributed by atoms with Crippen LogP contribution < -0.4 is 11.6 Å². The molecule has 0 amide bonds. The van der Waals surface area contributed by atoms with Crippen molar-refractivity contribution in [3.63, 3.8) is 0 Å². The fourth-order valence-electron chi connectivity index (χ4n) is 4.17. The van der Waals surface area contributed by atoms with Crippen molar-refractivity contribution in [1.29, 1.82) is 0 Å². The Kier molecular flexibility index (Phi) is 6.19. The molecule has 2 heterocycles. The summed E-state index contributed by atoms with van der Waals surface area (Å²) in [5, 5.41) is 1.86. The number of halogens is 4. The maximum absolute atomic E-state index is 13.1. The number of pyridine rings is 1. The van der Waals surface area contributed by atoms with Crippen molar-refractivity contribution in [2.24, 2.45) is 18.6 Å². The van der Waals surface area contributed by atoms with Gasteiger partial charge in [0.15, 0.2) is 0 Å². The van der Waals surface area contributed by atoms with E-state index >= 15 is 0 Å². The molecule has 0 aliphatic heterocycles. The Labute approximate surface area is 189 Å². The number of fused-ring (bicyclic) bond motifs is 1. The van der Waals surface area contributed by atoms with E-state index in [9.17, 15) is 13.2 Å². The Bertz CT molecular complexity index is 1200. The first-order valence-corrected chi connectivity index (χ1v) is 10.2. The number of rotatable bonds is 5. The third-order valence-corrected chi connectivity index (χ3v) is 6.37. The number of hydrogen-bond acceptors (Lipinski definition) is 5. The molecule has 2 aromatic heterocycles. The molecule has 0 bridgehead atoms. The van der Waals surface area contributed by atoms with Crippen LogP contribution in [-0.4, -0.2) is 32.8 Å². The highest BCUT2D eigenvalue weighted by Crippen LogP contribution is 2.41. The van der Waals surface area contributed by atoms with Gasteiger partial charge in [0.2, 0.25) is 0 Å². The topological polar surface area (TPSA) is 86.0 Å². The van der Waals surface area contributed by atoms with Crippen LogP contribution in [-0.2, 0) is 18.9 Å². The van der Waals surface area contributed by atoms with E-state index in [0.29, 0.717) is 22.2 Å². The van der Waals surface area contributed by atoms with E-state index < -0.39 is 18.0 Å². The lowest BCUT2D eigenvalue weighted by atomic mass is 9.75. The number of imidazole rings is 1. The van der Waals surface area contributed by atoms with Gasteiger partial charge < -0.3 is 15.3 Å². The molecule has 32 heavy (non-hydrogen) atoms. The van der Waals surface area contributed by atoms with Gasteiger partial charge in [0.05, 0.1) is 28.7 Å². The first-order valence-electron chi connectivity index (χ1n) is 9.86. The summed E-state index contributed by atoms with van der Waals surface area (Å²) >= 11 is 6.11. The number of allylic oxidation sites excluding steroid dienone is 1. The largest absolute Gasteiger partial charge is 0.403 e. The van der Waals surface area contributed by atoms with E-state index in [1.165, 1.54) is 11.2 Å². The van der Waals surface area contributed by atoms with Crippen LogP contribution in [0.5, 0.6) is 0 Å². The van der Waals surface area contributed by atoms with E-state index in [-0.39, 0.29) is 10.7 Å². The SMILES string of the molecule is Cc1c(CC(F)(F)F)c(Cl)nc2ccc(C(C)(/C(=C/N)N(C)N)c3cnc(C)n3C)cc12. The molecule has 6 nitrogen and oxygen atoms in total. The second kappa shape index (κ2) is 8.29. The number of nitrogens with zero attached hydrogens (tertiary/aromatic N) is 4. The first kappa shape index (κ1) is 23.9. The summed E-state index contributed by atoms with van der Waals surface area (Å²) in [6.07, 6.45) is -2.38. The second-order valence-electron chi connectivity index (χ2n) is 8.07.